The van der Waals surface area contributed by atoms with Crippen LogP contribution in [0.1, 0.15) is 219 Å². The molecular formula is C61H105O12P. The van der Waals surface area contributed by atoms with E-state index in [1.165, 1.54) is 83.5 Å². The number of hydrogen-bond acceptors (Lipinski definition) is 11. The molecule has 0 aliphatic heterocycles. The fourth-order valence-electron chi connectivity index (χ4n) is 8.46. The van der Waals surface area contributed by atoms with Crippen molar-refractivity contribution in [2.24, 2.45) is 0 Å². The molecule has 0 aromatic rings. The molecule has 13 heteroatoms. The second-order valence-corrected chi connectivity index (χ2v) is 21.1. The molecule has 0 heterocycles. The van der Waals surface area contributed by atoms with Crippen LogP contribution >= 0.6 is 7.82 Å². The SMILES string of the molecule is CC/C=C\C/C=C\C/C=C\C/C=C\CCCCCCCCCCCCCOCC(COP(=O)(O)OC1C(O)C(O)C(O)C(O)C1O)OC(=O)CCCCCCCCCCCC/C=C\C/C=C\C/C=C\C/C=C\CC. The van der Waals surface area contributed by atoms with Crippen molar-refractivity contribution in [3.8, 4) is 0 Å². The number of hydrogen-bond donors (Lipinski definition) is 6. The number of allylic oxidation sites excluding steroid dienone is 16. The average molecular weight is 1060 g/mol. The molecule has 6 atom stereocenters. The van der Waals surface area contributed by atoms with Crippen molar-refractivity contribution in [1.29, 1.82) is 0 Å². The zero-order valence-corrected chi connectivity index (χ0v) is 47.0. The summed E-state index contributed by atoms with van der Waals surface area (Å²) in [4.78, 5) is 23.3. The van der Waals surface area contributed by atoms with Crippen molar-refractivity contribution < 1.29 is 58.3 Å². The van der Waals surface area contributed by atoms with Gasteiger partial charge in [-0.15, -0.1) is 0 Å². The number of carbonyl (C=O) groups is 1. The fraction of sp³-hybridized carbons (Fsp3) is 0.721. The van der Waals surface area contributed by atoms with Gasteiger partial charge in [-0.3, -0.25) is 13.8 Å². The van der Waals surface area contributed by atoms with Crippen molar-refractivity contribution in [1.82, 2.24) is 0 Å². The van der Waals surface area contributed by atoms with Gasteiger partial charge in [0.1, 0.15) is 42.7 Å². The Bertz CT molecular complexity index is 1590. The van der Waals surface area contributed by atoms with Gasteiger partial charge in [0.05, 0.1) is 13.2 Å². The molecule has 74 heavy (non-hydrogen) atoms. The monoisotopic (exact) mass is 1060 g/mol. The van der Waals surface area contributed by atoms with E-state index in [0.29, 0.717) is 13.0 Å². The lowest BCUT2D eigenvalue weighted by atomic mass is 9.85. The standard InChI is InChI=1S/C61H105O12P/c1-3-5-7-9-11-13-15-17-19-21-23-25-27-29-31-33-35-37-39-41-43-45-47-49-51-70-52-54(53-71-74(68,69)73-61-59(66)57(64)56(63)58(65)60(61)67)72-55(62)50-48-46-44-42-40-38-36-34-32-30-28-26-24-22-20-18-16-14-12-10-8-6-4-2/h5-8,11-14,17-20,23-26,54,56-61,63-67H,3-4,9-10,15-16,21-22,27-53H2,1-2H3,(H,68,69)/b7-5-,8-6-,13-11-,14-12-,19-17-,20-18-,25-23-,26-24-. The summed E-state index contributed by atoms with van der Waals surface area (Å²) in [6, 6.07) is 0. The summed E-state index contributed by atoms with van der Waals surface area (Å²) in [5.74, 6) is -0.485. The van der Waals surface area contributed by atoms with Crippen LogP contribution in [0.4, 0.5) is 0 Å². The van der Waals surface area contributed by atoms with Gasteiger partial charge in [-0.05, 0) is 89.9 Å². The zero-order chi connectivity index (χ0) is 54.0. The number of phosphoric acid groups is 1. The van der Waals surface area contributed by atoms with Gasteiger partial charge in [0.25, 0.3) is 0 Å². The Hall–Kier alpha value is -2.74. The maximum Gasteiger partial charge on any atom is 0.472 e. The molecule has 0 aromatic heterocycles. The number of aliphatic hydroxyl groups excluding tert-OH is 5. The highest BCUT2D eigenvalue weighted by Gasteiger charge is 2.51. The van der Waals surface area contributed by atoms with Gasteiger partial charge in [-0.25, -0.2) is 4.57 Å². The molecule has 0 radical (unpaired) electrons. The molecule has 0 amide bonds. The molecule has 1 rings (SSSR count). The number of aliphatic hydroxyl groups is 5. The minimum absolute atomic E-state index is 0.0854. The Balaban J connectivity index is 2.29. The predicted molar refractivity (Wildman–Crippen MR) is 304 cm³/mol. The Kier molecular flexibility index (Phi) is 46.6. The van der Waals surface area contributed by atoms with Crippen LogP contribution in [0.15, 0.2) is 97.2 Å². The first-order chi connectivity index (χ1) is 36.0. The summed E-state index contributed by atoms with van der Waals surface area (Å²) in [5, 5.41) is 50.5. The lowest BCUT2D eigenvalue weighted by Crippen LogP contribution is -2.64. The van der Waals surface area contributed by atoms with E-state index in [2.05, 4.69) is 111 Å². The largest absolute Gasteiger partial charge is 0.472 e. The second kappa shape index (κ2) is 49.8. The van der Waals surface area contributed by atoms with E-state index >= 15 is 0 Å². The van der Waals surface area contributed by atoms with Crippen LogP contribution in [0.25, 0.3) is 0 Å². The van der Waals surface area contributed by atoms with Crippen LogP contribution in [0.3, 0.4) is 0 Å². The Morgan fingerprint density at radius 3 is 1.15 bits per heavy atom. The summed E-state index contributed by atoms with van der Waals surface area (Å²) < 4.78 is 34.4. The lowest BCUT2D eigenvalue weighted by molar-refractivity contribution is -0.220. The molecule has 0 saturated heterocycles. The van der Waals surface area contributed by atoms with E-state index in [9.17, 15) is 39.8 Å². The lowest BCUT2D eigenvalue weighted by Gasteiger charge is -2.41. The first-order valence-corrected chi connectivity index (χ1v) is 30.6. The van der Waals surface area contributed by atoms with Gasteiger partial charge in [0.15, 0.2) is 0 Å². The molecule has 6 unspecified atom stereocenters. The smallest absolute Gasteiger partial charge is 0.457 e. The Labute approximate surface area is 449 Å². The van der Waals surface area contributed by atoms with Gasteiger partial charge in [0.2, 0.25) is 0 Å². The van der Waals surface area contributed by atoms with Crippen molar-refractivity contribution in [3.05, 3.63) is 97.2 Å². The number of esters is 1. The normalized spacial score (nSPS) is 21.1. The predicted octanol–water partition coefficient (Wildman–Crippen LogP) is 14.2. The topological polar surface area (TPSA) is 192 Å². The number of rotatable bonds is 49. The number of ether oxygens (including phenoxy) is 2. The molecule has 0 spiro atoms. The fourth-order valence-corrected chi connectivity index (χ4v) is 9.43. The van der Waals surface area contributed by atoms with Crippen molar-refractivity contribution in [3.63, 3.8) is 0 Å². The quantitative estimate of drug-likeness (QED) is 0.0146. The third-order valence-corrected chi connectivity index (χ3v) is 13.9. The molecule has 1 saturated carbocycles. The number of carbonyl (C=O) groups excluding carboxylic acids is 1. The number of phosphoric ester groups is 1. The van der Waals surface area contributed by atoms with E-state index < -0.39 is 63.1 Å². The Morgan fingerprint density at radius 1 is 0.432 bits per heavy atom. The third kappa shape index (κ3) is 40.5. The van der Waals surface area contributed by atoms with Crippen LogP contribution in [-0.2, 0) is 27.9 Å². The van der Waals surface area contributed by atoms with Crippen LogP contribution < -0.4 is 0 Å². The van der Waals surface area contributed by atoms with Crippen molar-refractivity contribution in [2.75, 3.05) is 19.8 Å². The van der Waals surface area contributed by atoms with Crippen molar-refractivity contribution >= 4 is 13.8 Å². The van der Waals surface area contributed by atoms with Gasteiger partial charge >= 0.3 is 13.8 Å². The van der Waals surface area contributed by atoms with Gasteiger partial charge < -0.3 is 39.9 Å². The minimum atomic E-state index is -5.04. The second-order valence-electron chi connectivity index (χ2n) is 19.7. The van der Waals surface area contributed by atoms with E-state index in [1.54, 1.807) is 0 Å². The molecule has 1 fully saturated rings. The maximum absolute atomic E-state index is 12.9. The highest BCUT2D eigenvalue weighted by Crippen LogP contribution is 2.47. The molecule has 0 bridgehead atoms. The summed E-state index contributed by atoms with van der Waals surface area (Å²) in [6.07, 6.45) is 57.5. The van der Waals surface area contributed by atoms with Crippen LogP contribution in [-0.4, -0.2) is 98.9 Å². The molecule has 12 nitrogen and oxygen atoms in total. The third-order valence-electron chi connectivity index (χ3n) is 13.0. The molecule has 0 aromatic carbocycles. The molecular weight excluding hydrogens is 956 g/mol. The molecule has 1 aliphatic rings. The van der Waals surface area contributed by atoms with Gasteiger partial charge in [-0.1, -0.05) is 220 Å². The number of unbranched alkanes of at least 4 members (excludes halogenated alkanes) is 21. The first-order valence-electron chi connectivity index (χ1n) is 29.1. The summed E-state index contributed by atoms with van der Waals surface area (Å²) >= 11 is 0. The van der Waals surface area contributed by atoms with Crippen LogP contribution in [0, 0.1) is 0 Å². The summed E-state index contributed by atoms with van der Waals surface area (Å²) in [7, 11) is -5.04. The van der Waals surface area contributed by atoms with Crippen molar-refractivity contribution in [2.45, 2.75) is 262 Å². The van der Waals surface area contributed by atoms with Crippen LogP contribution in [0.5, 0.6) is 0 Å². The minimum Gasteiger partial charge on any atom is -0.457 e. The van der Waals surface area contributed by atoms with E-state index in [-0.39, 0.29) is 13.0 Å². The van der Waals surface area contributed by atoms with Gasteiger partial charge in [-0.2, -0.15) is 0 Å². The Morgan fingerprint density at radius 2 is 0.757 bits per heavy atom. The summed E-state index contributed by atoms with van der Waals surface area (Å²) in [5.41, 5.74) is 0. The summed E-state index contributed by atoms with van der Waals surface area (Å²) in [6.45, 7) is 4.04. The van der Waals surface area contributed by atoms with E-state index in [1.807, 2.05) is 0 Å². The van der Waals surface area contributed by atoms with Gasteiger partial charge in [0, 0.05) is 13.0 Å². The first kappa shape index (κ1) is 69.3. The molecule has 426 valence electrons. The maximum atomic E-state index is 12.9. The van der Waals surface area contributed by atoms with Crippen LogP contribution in [0.2, 0.25) is 0 Å². The highest BCUT2D eigenvalue weighted by atomic mass is 31.2. The highest BCUT2D eigenvalue weighted by molar-refractivity contribution is 7.47. The average Bonchev–Trinajstić information content (AvgIpc) is 3.39. The molecule has 6 N–H and O–H groups in total. The van der Waals surface area contributed by atoms with E-state index in [4.69, 9.17) is 18.5 Å². The molecule has 1 aliphatic carbocycles. The zero-order valence-electron chi connectivity index (χ0n) is 46.1. The van der Waals surface area contributed by atoms with E-state index in [0.717, 1.165) is 109 Å².